The van der Waals surface area contributed by atoms with Crippen molar-refractivity contribution < 1.29 is 21.6 Å². The van der Waals surface area contributed by atoms with E-state index in [1.54, 1.807) is 0 Å². The molecule has 0 saturated carbocycles. The van der Waals surface area contributed by atoms with Crippen molar-refractivity contribution in [1.29, 1.82) is 0 Å². The van der Waals surface area contributed by atoms with E-state index in [4.69, 9.17) is 0 Å². The summed E-state index contributed by atoms with van der Waals surface area (Å²) in [4.78, 5) is 14.3. The topological polar surface area (TPSA) is 104 Å². The minimum absolute atomic E-state index is 0.0226. The number of hydrogen-bond acceptors (Lipinski definition) is 6. The first-order valence-corrected chi connectivity index (χ1v) is 13.7. The highest BCUT2D eigenvalue weighted by Crippen LogP contribution is 2.28. The van der Waals surface area contributed by atoms with Gasteiger partial charge in [0.25, 0.3) is 0 Å². The van der Waals surface area contributed by atoms with E-state index in [0.717, 1.165) is 41.4 Å². The summed E-state index contributed by atoms with van der Waals surface area (Å²) in [5.74, 6) is -0.741. The average Bonchev–Trinajstić information content (AvgIpc) is 3.37. The van der Waals surface area contributed by atoms with Crippen LogP contribution in [0.2, 0.25) is 0 Å². The monoisotopic (exact) mass is 477 g/mol. The van der Waals surface area contributed by atoms with Gasteiger partial charge in [-0.05, 0) is 62.7 Å². The third-order valence-electron chi connectivity index (χ3n) is 5.97. The minimum atomic E-state index is -3.81. The number of benzene rings is 2. The first-order valence-electron chi connectivity index (χ1n) is 10.6. The highest BCUT2D eigenvalue weighted by molar-refractivity contribution is 7.94. The van der Waals surface area contributed by atoms with E-state index in [2.05, 4.69) is 9.62 Å². The zero-order valence-corrected chi connectivity index (χ0v) is 19.5. The molecule has 1 atom stereocenters. The Morgan fingerprint density at radius 3 is 2.19 bits per heavy atom. The molecular weight excluding hydrogens is 450 g/mol. The molecule has 2 heterocycles. The highest BCUT2D eigenvalue weighted by Gasteiger charge is 2.36. The molecule has 1 N–H and O–H groups in total. The maximum absolute atomic E-state index is 12.9. The van der Waals surface area contributed by atoms with Crippen LogP contribution in [0.4, 0.5) is 5.69 Å². The molecule has 0 spiro atoms. The third kappa shape index (κ3) is 4.73. The SMILES string of the molecule is Cc1ccc([C@H](CNS(=O)(=O)c2ccc(N3C(=O)CCS3(=O)=O)cc2)N2CCCC2)cc1. The van der Waals surface area contributed by atoms with Crippen molar-refractivity contribution in [2.24, 2.45) is 0 Å². The molecule has 32 heavy (non-hydrogen) atoms. The summed E-state index contributed by atoms with van der Waals surface area (Å²) in [7, 11) is -7.50. The van der Waals surface area contributed by atoms with E-state index in [9.17, 15) is 21.6 Å². The molecule has 10 heteroatoms. The summed E-state index contributed by atoms with van der Waals surface area (Å²) in [6.07, 6.45) is 2.12. The van der Waals surface area contributed by atoms with Gasteiger partial charge in [-0.2, -0.15) is 0 Å². The number of carbonyl (C=O) groups excluding carboxylic acids is 1. The van der Waals surface area contributed by atoms with Gasteiger partial charge in [0.1, 0.15) is 0 Å². The summed E-state index contributed by atoms with van der Waals surface area (Å²) in [6, 6.07) is 13.4. The molecular formula is C22H27N3O5S2. The molecule has 0 aromatic heterocycles. The summed E-state index contributed by atoms with van der Waals surface area (Å²) in [6.45, 7) is 4.09. The second-order valence-corrected chi connectivity index (χ2v) is 11.9. The van der Waals surface area contributed by atoms with Gasteiger partial charge in [0.05, 0.1) is 16.3 Å². The van der Waals surface area contributed by atoms with Crippen LogP contribution in [0.5, 0.6) is 0 Å². The molecule has 1 amide bonds. The summed E-state index contributed by atoms with van der Waals surface area (Å²) in [5, 5.41) is 0. The maximum Gasteiger partial charge on any atom is 0.242 e. The number of aryl methyl sites for hydroxylation is 1. The van der Waals surface area contributed by atoms with Crippen molar-refractivity contribution in [3.8, 4) is 0 Å². The second-order valence-electron chi connectivity index (χ2n) is 8.24. The van der Waals surface area contributed by atoms with E-state index < -0.39 is 26.0 Å². The van der Waals surface area contributed by atoms with Gasteiger partial charge >= 0.3 is 0 Å². The molecule has 0 radical (unpaired) electrons. The fraction of sp³-hybridized carbons (Fsp3) is 0.409. The van der Waals surface area contributed by atoms with Crippen molar-refractivity contribution in [3.63, 3.8) is 0 Å². The van der Waals surface area contributed by atoms with Crippen LogP contribution in [-0.2, 0) is 24.8 Å². The molecule has 0 aliphatic carbocycles. The number of hydrogen-bond donors (Lipinski definition) is 1. The first kappa shape index (κ1) is 22.9. The Labute approximate surface area is 189 Å². The molecule has 0 unspecified atom stereocenters. The van der Waals surface area contributed by atoms with Crippen molar-refractivity contribution in [2.75, 3.05) is 29.7 Å². The van der Waals surface area contributed by atoms with E-state index in [-0.39, 0.29) is 35.3 Å². The molecule has 172 valence electrons. The van der Waals surface area contributed by atoms with Gasteiger partial charge < -0.3 is 0 Å². The molecule has 2 fully saturated rings. The van der Waals surface area contributed by atoms with Gasteiger partial charge in [-0.3, -0.25) is 9.69 Å². The van der Waals surface area contributed by atoms with Gasteiger partial charge in [-0.25, -0.2) is 25.9 Å². The predicted molar refractivity (Wildman–Crippen MR) is 122 cm³/mol. The fourth-order valence-electron chi connectivity index (χ4n) is 4.20. The lowest BCUT2D eigenvalue weighted by molar-refractivity contribution is -0.116. The average molecular weight is 478 g/mol. The Kier molecular flexibility index (Phi) is 6.39. The zero-order valence-electron chi connectivity index (χ0n) is 17.9. The Morgan fingerprint density at radius 1 is 1.00 bits per heavy atom. The van der Waals surface area contributed by atoms with E-state index in [1.807, 2.05) is 31.2 Å². The standard InChI is InChI=1S/C22H27N3O5S2/c1-17-4-6-18(7-5-17)21(24-13-2-3-14-24)16-23-32(29,30)20-10-8-19(9-11-20)25-22(26)12-15-31(25,27)28/h4-11,21,23H,2-3,12-16H2,1H3/t21-/m0/s1. The van der Waals surface area contributed by atoms with Crippen LogP contribution in [0.15, 0.2) is 53.4 Å². The van der Waals surface area contributed by atoms with Gasteiger partial charge in [0.2, 0.25) is 26.0 Å². The van der Waals surface area contributed by atoms with Gasteiger partial charge in [0.15, 0.2) is 0 Å². The molecule has 0 bridgehead atoms. The van der Waals surface area contributed by atoms with E-state index in [0.29, 0.717) is 0 Å². The van der Waals surface area contributed by atoms with E-state index in [1.165, 1.54) is 24.3 Å². The quantitative estimate of drug-likeness (QED) is 0.656. The largest absolute Gasteiger partial charge is 0.295 e. The maximum atomic E-state index is 12.9. The third-order valence-corrected chi connectivity index (χ3v) is 9.10. The number of amides is 1. The highest BCUT2D eigenvalue weighted by atomic mass is 32.2. The van der Waals surface area contributed by atoms with Crippen molar-refractivity contribution in [1.82, 2.24) is 9.62 Å². The number of nitrogens with zero attached hydrogens (tertiary/aromatic N) is 2. The van der Waals surface area contributed by atoms with Crippen LogP contribution in [0.25, 0.3) is 0 Å². The second kappa shape index (κ2) is 8.93. The Balaban J connectivity index is 1.51. The van der Waals surface area contributed by atoms with Crippen molar-refractivity contribution >= 4 is 31.6 Å². The molecule has 2 aliphatic rings. The summed E-state index contributed by atoms with van der Waals surface area (Å²) < 4.78 is 53.5. The van der Waals surface area contributed by atoms with Crippen LogP contribution < -0.4 is 9.03 Å². The Morgan fingerprint density at radius 2 is 1.62 bits per heavy atom. The predicted octanol–water partition coefficient (Wildman–Crippen LogP) is 2.18. The van der Waals surface area contributed by atoms with Crippen LogP contribution >= 0.6 is 0 Å². The number of nitrogens with one attached hydrogen (secondary N) is 1. The lowest BCUT2D eigenvalue weighted by atomic mass is 10.0. The normalized spacial score (nSPS) is 20.0. The summed E-state index contributed by atoms with van der Waals surface area (Å²) >= 11 is 0. The van der Waals surface area contributed by atoms with Gasteiger partial charge in [0, 0.05) is 19.0 Å². The zero-order chi connectivity index (χ0) is 22.9. The molecule has 2 aliphatic heterocycles. The minimum Gasteiger partial charge on any atom is -0.295 e. The summed E-state index contributed by atoms with van der Waals surface area (Å²) in [5.41, 5.74) is 2.36. The van der Waals surface area contributed by atoms with Gasteiger partial charge in [-0.15, -0.1) is 0 Å². The van der Waals surface area contributed by atoms with E-state index >= 15 is 0 Å². The van der Waals surface area contributed by atoms with Crippen LogP contribution in [0.3, 0.4) is 0 Å². The number of carbonyl (C=O) groups is 1. The smallest absolute Gasteiger partial charge is 0.242 e. The fourth-order valence-corrected chi connectivity index (χ4v) is 6.70. The van der Waals surface area contributed by atoms with Crippen LogP contribution in [-0.4, -0.2) is 53.0 Å². The van der Waals surface area contributed by atoms with Crippen LogP contribution in [0.1, 0.15) is 36.4 Å². The van der Waals surface area contributed by atoms with Crippen molar-refractivity contribution in [3.05, 3.63) is 59.7 Å². The molecule has 2 aromatic rings. The lowest BCUT2D eigenvalue weighted by Gasteiger charge is -2.28. The molecule has 2 saturated heterocycles. The number of rotatable bonds is 7. The first-order chi connectivity index (χ1) is 15.2. The lowest BCUT2D eigenvalue weighted by Crippen LogP contribution is -2.36. The number of anilines is 1. The Bertz CT molecular complexity index is 1190. The number of likely N-dealkylation sites (tertiary alicyclic amines) is 1. The number of sulfonamides is 2. The van der Waals surface area contributed by atoms with Crippen LogP contribution in [0, 0.1) is 6.92 Å². The Hall–Kier alpha value is -2.27. The van der Waals surface area contributed by atoms with Crippen molar-refractivity contribution in [2.45, 2.75) is 37.1 Å². The molecule has 8 nitrogen and oxygen atoms in total. The van der Waals surface area contributed by atoms with Gasteiger partial charge in [-0.1, -0.05) is 29.8 Å². The molecule has 4 rings (SSSR count). The molecule has 2 aromatic carbocycles.